The highest BCUT2D eigenvalue weighted by molar-refractivity contribution is 7.99. The fourth-order valence-corrected chi connectivity index (χ4v) is 3.01. The van der Waals surface area contributed by atoms with Crippen LogP contribution in [0.15, 0.2) is 51.8 Å². The Kier molecular flexibility index (Phi) is 5.32. The van der Waals surface area contributed by atoms with Gasteiger partial charge in [-0.15, -0.1) is 16.9 Å². The van der Waals surface area contributed by atoms with Crippen LogP contribution in [0.2, 0.25) is 0 Å². The largest absolute Gasteiger partial charge is 0.403 e. The molecule has 0 aliphatic carbocycles. The van der Waals surface area contributed by atoms with Gasteiger partial charge in [0.1, 0.15) is 11.6 Å². The molecule has 0 saturated carbocycles. The number of thioether (sulfide) groups is 1. The number of carbonyl (C=O) groups is 1. The highest BCUT2D eigenvalue weighted by Gasteiger charge is 2.16. The van der Waals surface area contributed by atoms with E-state index in [-0.39, 0.29) is 17.5 Å². The molecule has 0 radical (unpaired) electrons. The number of hydrogen-bond acceptors (Lipinski definition) is 5. The average molecular weight is 375 g/mol. The van der Waals surface area contributed by atoms with E-state index in [9.17, 15) is 13.6 Å². The van der Waals surface area contributed by atoms with Crippen LogP contribution in [0.1, 0.15) is 24.2 Å². The summed E-state index contributed by atoms with van der Waals surface area (Å²) >= 11 is 1.69. The molecule has 3 aromatic rings. The second-order valence-electron chi connectivity index (χ2n) is 5.68. The Balaban J connectivity index is 1.71. The van der Waals surface area contributed by atoms with Gasteiger partial charge in [0.25, 0.3) is 11.8 Å². The molecule has 1 aromatic heterocycles. The monoisotopic (exact) mass is 375 g/mol. The number of benzene rings is 2. The van der Waals surface area contributed by atoms with Crippen molar-refractivity contribution in [2.45, 2.75) is 24.0 Å². The molecule has 0 spiro atoms. The standard InChI is InChI=1S/C18H15F2N3O2S/c1-10(2)26-13-6-3-11(4-7-13)16(24)21-18-23-22-17(25-18)14-8-5-12(19)9-15(14)20/h3-10H,1-2H3,(H,21,23,24). The third-order valence-electron chi connectivity index (χ3n) is 3.30. The van der Waals surface area contributed by atoms with Crippen molar-refractivity contribution in [1.82, 2.24) is 10.2 Å². The molecule has 3 rings (SSSR count). The summed E-state index contributed by atoms with van der Waals surface area (Å²) in [4.78, 5) is 13.3. The van der Waals surface area contributed by atoms with Crippen LogP contribution in [0.5, 0.6) is 0 Å². The summed E-state index contributed by atoms with van der Waals surface area (Å²) in [6.07, 6.45) is 0. The Labute approximate surface area is 152 Å². The van der Waals surface area contributed by atoms with E-state index in [0.29, 0.717) is 16.9 Å². The van der Waals surface area contributed by atoms with Crippen molar-refractivity contribution in [3.05, 3.63) is 59.7 Å². The molecule has 0 saturated heterocycles. The Morgan fingerprint density at radius 3 is 2.50 bits per heavy atom. The number of aromatic nitrogens is 2. The molecular weight excluding hydrogens is 360 g/mol. The maximum atomic E-state index is 13.7. The van der Waals surface area contributed by atoms with E-state index >= 15 is 0 Å². The van der Waals surface area contributed by atoms with Gasteiger partial charge in [0.15, 0.2) is 0 Å². The van der Waals surface area contributed by atoms with E-state index in [0.717, 1.165) is 11.0 Å². The summed E-state index contributed by atoms with van der Waals surface area (Å²) in [5, 5.41) is 10.2. The number of rotatable bonds is 5. The van der Waals surface area contributed by atoms with Crippen molar-refractivity contribution in [1.29, 1.82) is 0 Å². The summed E-state index contributed by atoms with van der Waals surface area (Å²) in [6.45, 7) is 4.17. The normalized spacial score (nSPS) is 11.0. The van der Waals surface area contributed by atoms with Gasteiger partial charge in [0, 0.05) is 21.8 Å². The molecule has 0 unspecified atom stereocenters. The smallest absolute Gasteiger partial charge is 0.322 e. The molecule has 1 amide bonds. The Bertz CT molecular complexity index is 926. The van der Waals surface area contributed by atoms with Crippen molar-refractivity contribution in [3.8, 4) is 11.5 Å². The molecule has 8 heteroatoms. The summed E-state index contributed by atoms with van der Waals surface area (Å²) in [5.74, 6) is -2.12. The Morgan fingerprint density at radius 2 is 1.85 bits per heavy atom. The number of amides is 1. The van der Waals surface area contributed by atoms with E-state index in [2.05, 4.69) is 29.4 Å². The second kappa shape index (κ2) is 7.65. The molecule has 0 aliphatic rings. The lowest BCUT2D eigenvalue weighted by Gasteiger charge is -2.05. The first kappa shape index (κ1) is 18.1. The quantitative estimate of drug-likeness (QED) is 0.651. The molecule has 1 N–H and O–H groups in total. The van der Waals surface area contributed by atoms with Gasteiger partial charge in [-0.05, 0) is 36.4 Å². The van der Waals surface area contributed by atoms with Crippen LogP contribution < -0.4 is 5.32 Å². The predicted molar refractivity (Wildman–Crippen MR) is 95.0 cm³/mol. The molecule has 0 aliphatic heterocycles. The van der Waals surface area contributed by atoms with Crippen LogP contribution >= 0.6 is 11.8 Å². The molecule has 0 bridgehead atoms. The fraction of sp³-hybridized carbons (Fsp3) is 0.167. The van der Waals surface area contributed by atoms with Crippen molar-refractivity contribution < 1.29 is 18.0 Å². The SMILES string of the molecule is CC(C)Sc1ccc(C(=O)Nc2nnc(-c3ccc(F)cc3F)o2)cc1. The zero-order chi connectivity index (χ0) is 18.7. The van der Waals surface area contributed by atoms with Gasteiger partial charge in [-0.3, -0.25) is 10.1 Å². The first-order chi connectivity index (χ1) is 12.4. The molecule has 26 heavy (non-hydrogen) atoms. The molecule has 1 heterocycles. The van der Waals surface area contributed by atoms with E-state index in [1.807, 2.05) is 12.1 Å². The molecular formula is C18H15F2N3O2S. The average Bonchev–Trinajstić information content (AvgIpc) is 3.03. The number of nitrogens with zero attached hydrogens (tertiary/aromatic N) is 2. The molecule has 134 valence electrons. The van der Waals surface area contributed by atoms with Crippen molar-refractivity contribution in [3.63, 3.8) is 0 Å². The minimum Gasteiger partial charge on any atom is -0.403 e. The number of carbonyl (C=O) groups excluding carboxylic acids is 1. The lowest BCUT2D eigenvalue weighted by atomic mass is 10.2. The van der Waals surface area contributed by atoms with E-state index in [1.165, 1.54) is 6.07 Å². The summed E-state index contributed by atoms with van der Waals surface area (Å²) in [7, 11) is 0. The van der Waals surface area contributed by atoms with E-state index < -0.39 is 17.5 Å². The summed E-state index contributed by atoms with van der Waals surface area (Å²) in [6, 6.07) is 9.91. The number of hydrogen-bond donors (Lipinski definition) is 1. The number of halogens is 2. The van der Waals surface area contributed by atoms with Gasteiger partial charge in [0.05, 0.1) is 5.56 Å². The van der Waals surface area contributed by atoms with Crippen LogP contribution in [0.3, 0.4) is 0 Å². The van der Waals surface area contributed by atoms with Gasteiger partial charge in [-0.2, -0.15) is 0 Å². The minimum absolute atomic E-state index is 0.0468. The zero-order valence-electron chi connectivity index (χ0n) is 14.0. The van der Waals surface area contributed by atoms with Crippen molar-refractivity contribution in [2.75, 3.05) is 5.32 Å². The molecule has 5 nitrogen and oxygen atoms in total. The molecule has 0 atom stereocenters. The van der Waals surface area contributed by atoms with Gasteiger partial charge < -0.3 is 4.42 Å². The van der Waals surface area contributed by atoms with Gasteiger partial charge in [0.2, 0.25) is 0 Å². The number of nitrogens with one attached hydrogen (secondary N) is 1. The highest BCUT2D eigenvalue weighted by Crippen LogP contribution is 2.25. The topological polar surface area (TPSA) is 68.0 Å². The molecule has 0 fully saturated rings. The van der Waals surface area contributed by atoms with Crippen LogP contribution in [-0.2, 0) is 0 Å². The number of anilines is 1. The zero-order valence-corrected chi connectivity index (χ0v) is 14.8. The lowest BCUT2D eigenvalue weighted by molar-refractivity contribution is 0.102. The van der Waals surface area contributed by atoms with Crippen molar-refractivity contribution in [2.24, 2.45) is 0 Å². The van der Waals surface area contributed by atoms with Crippen LogP contribution in [-0.4, -0.2) is 21.4 Å². The van der Waals surface area contributed by atoms with Crippen LogP contribution in [0.4, 0.5) is 14.8 Å². The second-order valence-corrected chi connectivity index (χ2v) is 7.33. The highest BCUT2D eigenvalue weighted by atomic mass is 32.2. The van der Waals surface area contributed by atoms with Crippen molar-refractivity contribution >= 4 is 23.7 Å². The first-order valence-corrected chi connectivity index (χ1v) is 8.67. The summed E-state index contributed by atoms with van der Waals surface area (Å²) < 4.78 is 31.9. The molecule has 2 aromatic carbocycles. The maximum Gasteiger partial charge on any atom is 0.322 e. The van der Waals surface area contributed by atoms with E-state index in [1.54, 1.807) is 23.9 Å². The Morgan fingerprint density at radius 1 is 1.12 bits per heavy atom. The summed E-state index contributed by atoms with van der Waals surface area (Å²) in [5.41, 5.74) is 0.375. The predicted octanol–water partition coefficient (Wildman–Crippen LogP) is 4.77. The van der Waals surface area contributed by atoms with Gasteiger partial charge in [-0.1, -0.05) is 18.9 Å². The van der Waals surface area contributed by atoms with E-state index in [4.69, 9.17) is 4.42 Å². The minimum atomic E-state index is -0.829. The Hall–Kier alpha value is -2.74. The maximum absolute atomic E-state index is 13.7. The third-order valence-corrected chi connectivity index (χ3v) is 4.31. The van der Waals surface area contributed by atoms with Crippen LogP contribution in [0.25, 0.3) is 11.5 Å². The lowest BCUT2D eigenvalue weighted by Crippen LogP contribution is -2.11. The van der Waals surface area contributed by atoms with Gasteiger partial charge >= 0.3 is 6.01 Å². The fourth-order valence-electron chi connectivity index (χ4n) is 2.17. The van der Waals surface area contributed by atoms with Crippen LogP contribution in [0, 0.1) is 11.6 Å². The van der Waals surface area contributed by atoms with Gasteiger partial charge in [-0.25, -0.2) is 8.78 Å². The third kappa shape index (κ3) is 4.26. The first-order valence-electron chi connectivity index (χ1n) is 7.79.